The first kappa shape index (κ1) is 12.9. The molecule has 0 atom stereocenters. The second-order valence-electron chi connectivity index (χ2n) is 5.49. The molecular weight excluding hydrogens is 246 g/mol. The molecule has 0 N–H and O–H groups in total. The predicted octanol–water partition coefficient (Wildman–Crippen LogP) is 3.73. The highest BCUT2D eigenvalue weighted by Gasteiger charge is 2.21. The molecule has 0 saturated heterocycles. The molecule has 3 rings (SSSR count). The van der Waals surface area contributed by atoms with Gasteiger partial charge in [0.15, 0.2) is 0 Å². The van der Waals surface area contributed by atoms with Crippen molar-refractivity contribution in [1.82, 2.24) is 4.98 Å². The zero-order valence-corrected chi connectivity index (χ0v) is 11.8. The molecule has 2 aromatic rings. The summed E-state index contributed by atoms with van der Waals surface area (Å²) in [6, 6.07) is 12.1. The first-order valence-electron chi connectivity index (χ1n) is 7.36. The van der Waals surface area contributed by atoms with E-state index in [0.29, 0.717) is 0 Å². The third kappa shape index (κ3) is 2.34. The van der Waals surface area contributed by atoms with Crippen LogP contribution in [-0.4, -0.2) is 18.1 Å². The lowest BCUT2D eigenvalue weighted by Crippen LogP contribution is -2.33. The zero-order valence-electron chi connectivity index (χ0n) is 11.8. The van der Waals surface area contributed by atoms with Gasteiger partial charge < -0.3 is 4.90 Å². The van der Waals surface area contributed by atoms with Crippen LogP contribution in [0.5, 0.6) is 0 Å². The van der Waals surface area contributed by atoms with Crippen LogP contribution in [0, 0.1) is 17.2 Å². The van der Waals surface area contributed by atoms with Gasteiger partial charge in [0, 0.05) is 18.5 Å². The molecule has 3 heteroatoms. The van der Waals surface area contributed by atoms with Gasteiger partial charge in [0.2, 0.25) is 0 Å². The van der Waals surface area contributed by atoms with Gasteiger partial charge in [-0.05, 0) is 37.8 Å². The van der Waals surface area contributed by atoms with Gasteiger partial charge in [-0.2, -0.15) is 5.26 Å². The first-order chi connectivity index (χ1) is 9.81. The Morgan fingerprint density at radius 2 is 2.15 bits per heavy atom. The second kappa shape index (κ2) is 5.50. The lowest BCUT2D eigenvalue weighted by molar-refractivity contribution is 0.318. The number of rotatable bonds is 4. The van der Waals surface area contributed by atoms with Crippen molar-refractivity contribution < 1.29 is 0 Å². The quantitative estimate of drug-likeness (QED) is 0.845. The number of benzene rings is 1. The van der Waals surface area contributed by atoms with E-state index in [4.69, 9.17) is 4.98 Å². The Kier molecular flexibility index (Phi) is 3.56. The average molecular weight is 265 g/mol. The number of para-hydroxylation sites is 1. The fourth-order valence-corrected chi connectivity index (χ4v) is 2.79. The van der Waals surface area contributed by atoms with Crippen LogP contribution in [-0.2, 0) is 0 Å². The zero-order chi connectivity index (χ0) is 13.9. The first-order valence-corrected chi connectivity index (χ1v) is 7.36. The van der Waals surface area contributed by atoms with Crippen LogP contribution in [0.1, 0.15) is 31.7 Å². The summed E-state index contributed by atoms with van der Waals surface area (Å²) in [4.78, 5) is 7.04. The summed E-state index contributed by atoms with van der Waals surface area (Å²) < 4.78 is 0. The molecule has 1 aliphatic rings. The maximum absolute atomic E-state index is 9.36. The van der Waals surface area contributed by atoms with Gasteiger partial charge in [-0.1, -0.05) is 24.6 Å². The smallest absolute Gasteiger partial charge is 0.130 e. The fourth-order valence-electron chi connectivity index (χ4n) is 2.79. The monoisotopic (exact) mass is 265 g/mol. The van der Waals surface area contributed by atoms with E-state index in [1.807, 2.05) is 30.3 Å². The van der Waals surface area contributed by atoms with Crippen molar-refractivity contribution in [2.45, 2.75) is 26.2 Å². The maximum Gasteiger partial charge on any atom is 0.130 e. The lowest BCUT2D eigenvalue weighted by atomic mass is 9.85. The van der Waals surface area contributed by atoms with E-state index < -0.39 is 0 Å². The molecule has 0 radical (unpaired) electrons. The Balaban J connectivity index is 1.99. The summed E-state index contributed by atoms with van der Waals surface area (Å²) in [6.07, 6.45) is 4.02. The van der Waals surface area contributed by atoms with E-state index in [-0.39, 0.29) is 0 Å². The van der Waals surface area contributed by atoms with Crippen LogP contribution in [0.4, 0.5) is 5.82 Å². The van der Waals surface area contributed by atoms with E-state index in [0.717, 1.165) is 41.3 Å². The number of fused-ring (bicyclic) bond motifs is 1. The molecular formula is C17H19N3. The van der Waals surface area contributed by atoms with Crippen molar-refractivity contribution in [3.8, 4) is 6.07 Å². The van der Waals surface area contributed by atoms with Crippen molar-refractivity contribution in [1.29, 1.82) is 5.26 Å². The third-order valence-electron chi connectivity index (χ3n) is 4.23. The molecule has 0 amide bonds. The topological polar surface area (TPSA) is 39.9 Å². The van der Waals surface area contributed by atoms with E-state index in [1.54, 1.807) is 0 Å². The van der Waals surface area contributed by atoms with Crippen LogP contribution < -0.4 is 4.90 Å². The molecule has 102 valence electrons. The van der Waals surface area contributed by atoms with Gasteiger partial charge in [-0.3, -0.25) is 0 Å². The van der Waals surface area contributed by atoms with Crippen molar-refractivity contribution in [3.63, 3.8) is 0 Å². The molecule has 1 aliphatic carbocycles. The number of nitriles is 1. The van der Waals surface area contributed by atoms with Crippen LogP contribution in [0.25, 0.3) is 10.9 Å². The van der Waals surface area contributed by atoms with Crippen molar-refractivity contribution in [3.05, 3.63) is 35.9 Å². The normalized spacial score (nSPS) is 14.8. The molecule has 3 nitrogen and oxygen atoms in total. The highest BCUT2D eigenvalue weighted by molar-refractivity contribution is 5.86. The summed E-state index contributed by atoms with van der Waals surface area (Å²) in [5.74, 6) is 1.74. The molecule has 1 saturated carbocycles. The van der Waals surface area contributed by atoms with Gasteiger partial charge in [0.1, 0.15) is 5.82 Å². The summed E-state index contributed by atoms with van der Waals surface area (Å²) in [6.45, 7) is 4.15. The molecule has 0 bridgehead atoms. The number of anilines is 1. The summed E-state index contributed by atoms with van der Waals surface area (Å²) in [5, 5.41) is 10.3. The highest BCUT2D eigenvalue weighted by atomic mass is 15.2. The van der Waals surface area contributed by atoms with Crippen molar-refractivity contribution in [2.24, 2.45) is 5.92 Å². The molecule has 0 unspecified atom stereocenters. The SMILES string of the molecule is CCN(CC1CCC1)c1cc(C#N)c2ccccc2n1. The minimum Gasteiger partial charge on any atom is -0.357 e. The Hall–Kier alpha value is -2.08. The summed E-state index contributed by atoms with van der Waals surface area (Å²) in [7, 11) is 0. The molecule has 1 aromatic heterocycles. The maximum atomic E-state index is 9.36. The number of nitrogens with zero attached hydrogens (tertiary/aromatic N) is 3. The minimum absolute atomic E-state index is 0.720. The number of pyridine rings is 1. The molecule has 1 aromatic carbocycles. The summed E-state index contributed by atoms with van der Waals surface area (Å²) in [5.41, 5.74) is 1.63. The summed E-state index contributed by atoms with van der Waals surface area (Å²) >= 11 is 0. The van der Waals surface area contributed by atoms with Gasteiger partial charge in [-0.25, -0.2) is 4.98 Å². The lowest BCUT2D eigenvalue weighted by Gasteiger charge is -2.32. The second-order valence-corrected chi connectivity index (χ2v) is 5.49. The minimum atomic E-state index is 0.720. The van der Waals surface area contributed by atoms with Gasteiger partial charge in [0.05, 0.1) is 17.1 Å². The van der Waals surface area contributed by atoms with E-state index >= 15 is 0 Å². The Bertz CT molecular complexity index is 653. The molecule has 1 fully saturated rings. The fraction of sp³-hybridized carbons (Fsp3) is 0.412. The standard InChI is InChI=1S/C17H19N3/c1-2-20(12-13-6-5-7-13)17-10-14(11-18)15-8-3-4-9-16(15)19-17/h3-4,8-10,13H,2,5-7,12H2,1H3. The largest absolute Gasteiger partial charge is 0.357 e. The van der Waals surface area contributed by atoms with Crippen LogP contribution in [0.3, 0.4) is 0 Å². The van der Waals surface area contributed by atoms with Crippen LogP contribution in [0.15, 0.2) is 30.3 Å². The van der Waals surface area contributed by atoms with Gasteiger partial charge in [-0.15, -0.1) is 0 Å². The molecule has 0 aliphatic heterocycles. The van der Waals surface area contributed by atoms with Crippen LogP contribution >= 0.6 is 0 Å². The predicted molar refractivity (Wildman–Crippen MR) is 81.7 cm³/mol. The molecule has 20 heavy (non-hydrogen) atoms. The number of hydrogen-bond acceptors (Lipinski definition) is 3. The highest BCUT2D eigenvalue weighted by Crippen LogP contribution is 2.29. The number of hydrogen-bond donors (Lipinski definition) is 0. The molecule has 1 heterocycles. The Labute approximate surface area is 119 Å². The van der Waals surface area contributed by atoms with Crippen molar-refractivity contribution >= 4 is 16.7 Å². The Morgan fingerprint density at radius 1 is 1.35 bits per heavy atom. The van der Waals surface area contributed by atoms with Gasteiger partial charge in [0.25, 0.3) is 0 Å². The van der Waals surface area contributed by atoms with Gasteiger partial charge >= 0.3 is 0 Å². The van der Waals surface area contributed by atoms with Crippen molar-refractivity contribution in [2.75, 3.05) is 18.0 Å². The average Bonchev–Trinajstić information content (AvgIpc) is 2.45. The van der Waals surface area contributed by atoms with E-state index in [9.17, 15) is 5.26 Å². The molecule has 0 spiro atoms. The van der Waals surface area contributed by atoms with Crippen LogP contribution in [0.2, 0.25) is 0 Å². The Morgan fingerprint density at radius 3 is 2.80 bits per heavy atom. The third-order valence-corrected chi connectivity index (χ3v) is 4.23. The van der Waals surface area contributed by atoms with E-state index in [1.165, 1.54) is 19.3 Å². The van der Waals surface area contributed by atoms with E-state index in [2.05, 4.69) is 17.9 Å². The number of aromatic nitrogens is 1.